The fourth-order valence-corrected chi connectivity index (χ4v) is 1.84. The van der Waals surface area contributed by atoms with Gasteiger partial charge in [-0.05, 0) is 54.8 Å². The molecule has 0 aliphatic carbocycles. The van der Waals surface area contributed by atoms with Crippen molar-refractivity contribution in [3.63, 3.8) is 0 Å². The summed E-state index contributed by atoms with van der Waals surface area (Å²) < 4.78 is 13.1. The number of halogens is 1. The lowest BCUT2D eigenvalue weighted by atomic mass is 10.1. The summed E-state index contributed by atoms with van der Waals surface area (Å²) in [4.78, 5) is 11.8. The molecule has 0 unspecified atom stereocenters. The Kier molecular flexibility index (Phi) is 4.35. The van der Waals surface area contributed by atoms with Gasteiger partial charge in [0, 0.05) is 11.4 Å². The van der Waals surface area contributed by atoms with Gasteiger partial charge in [-0.25, -0.2) is 9.18 Å². The lowest BCUT2D eigenvalue weighted by molar-refractivity contribution is 0.262. The van der Waals surface area contributed by atoms with Gasteiger partial charge in [0.2, 0.25) is 0 Å². The normalized spacial score (nSPS) is 10.2. The zero-order chi connectivity index (χ0) is 14.5. The van der Waals surface area contributed by atoms with Crippen LogP contribution in [0.3, 0.4) is 0 Å². The number of hydrogen-bond donors (Lipinski definition) is 2. The third kappa shape index (κ3) is 3.57. The van der Waals surface area contributed by atoms with E-state index >= 15 is 0 Å². The summed E-state index contributed by atoms with van der Waals surface area (Å²) in [5, 5.41) is 5.40. The molecule has 0 saturated carbocycles. The second-order valence-electron chi connectivity index (χ2n) is 4.59. The van der Waals surface area contributed by atoms with Gasteiger partial charge in [-0.15, -0.1) is 0 Å². The van der Waals surface area contributed by atoms with Gasteiger partial charge in [-0.1, -0.05) is 19.1 Å². The average Bonchev–Trinajstić information content (AvgIpc) is 2.44. The maximum atomic E-state index is 13.1. The van der Waals surface area contributed by atoms with E-state index in [2.05, 4.69) is 17.6 Å². The van der Waals surface area contributed by atoms with E-state index in [9.17, 15) is 9.18 Å². The van der Waals surface area contributed by atoms with E-state index in [0.29, 0.717) is 11.3 Å². The SMILES string of the molecule is CCc1ccc(NC(=O)Nc2ccc(F)c(C)c2)cc1. The minimum Gasteiger partial charge on any atom is -0.308 e. The molecule has 2 N–H and O–H groups in total. The molecule has 0 aliphatic heterocycles. The zero-order valence-corrected chi connectivity index (χ0v) is 11.5. The third-order valence-electron chi connectivity index (χ3n) is 3.04. The van der Waals surface area contributed by atoms with Gasteiger partial charge in [0.25, 0.3) is 0 Å². The summed E-state index contributed by atoms with van der Waals surface area (Å²) in [6.45, 7) is 3.73. The zero-order valence-electron chi connectivity index (χ0n) is 11.5. The molecule has 2 aromatic rings. The molecule has 0 saturated heterocycles. The Morgan fingerprint density at radius 3 is 2.25 bits per heavy atom. The van der Waals surface area contributed by atoms with E-state index in [4.69, 9.17) is 0 Å². The minimum atomic E-state index is -0.347. The van der Waals surface area contributed by atoms with Crippen molar-refractivity contribution in [2.24, 2.45) is 0 Å². The molecule has 0 spiro atoms. The first kappa shape index (κ1) is 14.1. The Labute approximate surface area is 117 Å². The Balaban J connectivity index is 1.99. The van der Waals surface area contributed by atoms with E-state index < -0.39 is 0 Å². The van der Waals surface area contributed by atoms with Crippen LogP contribution in [0.4, 0.5) is 20.6 Å². The fourth-order valence-electron chi connectivity index (χ4n) is 1.84. The van der Waals surface area contributed by atoms with Gasteiger partial charge in [-0.3, -0.25) is 0 Å². The van der Waals surface area contributed by atoms with Gasteiger partial charge >= 0.3 is 6.03 Å². The monoisotopic (exact) mass is 272 g/mol. The average molecular weight is 272 g/mol. The van der Waals surface area contributed by atoms with Gasteiger partial charge in [0.05, 0.1) is 0 Å². The van der Waals surface area contributed by atoms with Gasteiger partial charge in [0.15, 0.2) is 0 Å². The first-order valence-electron chi connectivity index (χ1n) is 6.51. The summed E-state index contributed by atoms with van der Waals surface area (Å²) in [6, 6.07) is 11.8. The van der Waals surface area contributed by atoms with Gasteiger partial charge in [-0.2, -0.15) is 0 Å². The number of amides is 2. The van der Waals surface area contributed by atoms with Crippen LogP contribution in [-0.2, 0) is 6.42 Å². The summed E-state index contributed by atoms with van der Waals surface area (Å²) in [5.74, 6) is -0.286. The van der Waals surface area contributed by atoms with E-state index in [0.717, 1.165) is 12.1 Å². The lowest BCUT2D eigenvalue weighted by Gasteiger charge is -2.09. The highest BCUT2D eigenvalue weighted by Crippen LogP contribution is 2.15. The smallest absolute Gasteiger partial charge is 0.308 e. The molecule has 0 bridgehead atoms. The first-order chi connectivity index (χ1) is 9.58. The number of carbonyl (C=O) groups is 1. The maximum absolute atomic E-state index is 13.1. The summed E-state index contributed by atoms with van der Waals surface area (Å²) in [5.41, 5.74) is 2.99. The van der Waals surface area contributed by atoms with E-state index in [1.54, 1.807) is 13.0 Å². The van der Waals surface area contributed by atoms with Crippen molar-refractivity contribution >= 4 is 17.4 Å². The predicted molar refractivity (Wildman–Crippen MR) is 79.6 cm³/mol. The van der Waals surface area contributed by atoms with E-state index in [-0.39, 0.29) is 11.8 Å². The second-order valence-corrected chi connectivity index (χ2v) is 4.59. The number of aryl methyl sites for hydroxylation is 2. The predicted octanol–water partition coefficient (Wildman–Crippen LogP) is 4.34. The number of nitrogens with one attached hydrogen (secondary N) is 2. The fraction of sp³-hybridized carbons (Fsp3) is 0.188. The summed E-state index contributed by atoms with van der Waals surface area (Å²) in [7, 11) is 0. The quantitative estimate of drug-likeness (QED) is 0.857. The van der Waals surface area contributed by atoms with Crippen LogP contribution in [0.5, 0.6) is 0 Å². The highest BCUT2D eigenvalue weighted by molar-refractivity contribution is 5.99. The van der Waals surface area contributed by atoms with Crippen molar-refractivity contribution in [2.75, 3.05) is 10.6 Å². The largest absolute Gasteiger partial charge is 0.323 e. The van der Waals surface area contributed by atoms with Crippen LogP contribution < -0.4 is 10.6 Å². The van der Waals surface area contributed by atoms with Crippen LogP contribution in [0.2, 0.25) is 0 Å². The Morgan fingerprint density at radius 1 is 1.05 bits per heavy atom. The number of benzene rings is 2. The van der Waals surface area contributed by atoms with Crippen LogP contribution >= 0.6 is 0 Å². The molecule has 20 heavy (non-hydrogen) atoms. The molecule has 0 atom stereocenters. The molecular weight excluding hydrogens is 255 g/mol. The van der Waals surface area contributed by atoms with Gasteiger partial charge < -0.3 is 10.6 Å². The molecular formula is C16H17FN2O. The number of urea groups is 1. The van der Waals surface area contributed by atoms with E-state index in [1.807, 2.05) is 24.3 Å². The van der Waals surface area contributed by atoms with Crippen LogP contribution in [0.25, 0.3) is 0 Å². The third-order valence-corrected chi connectivity index (χ3v) is 3.04. The molecule has 0 radical (unpaired) electrons. The highest BCUT2D eigenvalue weighted by Gasteiger charge is 2.04. The standard InChI is InChI=1S/C16H17FN2O/c1-3-12-4-6-13(7-5-12)18-16(20)19-14-8-9-15(17)11(2)10-14/h4-10H,3H2,1-2H3,(H2,18,19,20). The first-order valence-corrected chi connectivity index (χ1v) is 6.51. The van der Waals surface area contributed by atoms with Gasteiger partial charge in [0.1, 0.15) is 5.82 Å². The summed E-state index contributed by atoms with van der Waals surface area (Å²) in [6.07, 6.45) is 0.960. The van der Waals surface area contributed by atoms with Crippen molar-refractivity contribution < 1.29 is 9.18 Å². The molecule has 0 aliphatic rings. The molecule has 104 valence electrons. The number of carbonyl (C=O) groups excluding carboxylic acids is 1. The van der Waals surface area contributed by atoms with Crippen molar-refractivity contribution in [1.29, 1.82) is 0 Å². The van der Waals surface area contributed by atoms with Crippen LogP contribution in [0.15, 0.2) is 42.5 Å². The molecule has 0 heterocycles. The topological polar surface area (TPSA) is 41.1 Å². The Hall–Kier alpha value is -2.36. The molecule has 2 aromatic carbocycles. The van der Waals surface area contributed by atoms with Crippen molar-refractivity contribution in [2.45, 2.75) is 20.3 Å². The molecule has 2 rings (SSSR count). The Morgan fingerprint density at radius 2 is 1.65 bits per heavy atom. The molecule has 0 fully saturated rings. The second kappa shape index (κ2) is 6.19. The lowest BCUT2D eigenvalue weighted by Crippen LogP contribution is -2.19. The number of hydrogen-bond acceptors (Lipinski definition) is 1. The van der Waals surface area contributed by atoms with E-state index in [1.165, 1.54) is 17.7 Å². The van der Waals surface area contributed by atoms with Crippen LogP contribution in [-0.4, -0.2) is 6.03 Å². The molecule has 3 nitrogen and oxygen atoms in total. The minimum absolute atomic E-state index is 0.286. The summed E-state index contributed by atoms with van der Waals surface area (Å²) >= 11 is 0. The highest BCUT2D eigenvalue weighted by atomic mass is 19.1. The maximum Gasteiger partial charge on any atom is 0.323 e. The van der Waals surface area contributed by atoms with Crippen molar-refractivity contribution in [1.82, 2.24) is 0 Å². The molecule has 4 heteroatoms. The van der Waals surface area contributed by atoms with Crippen molar-refractivity contribution in [3.8, 4) is 0 Å². The molecule has 2 amide bonds. The van der Waals surface area contributed by atoms with Crippen LogP contribution in [0, 0.1) is 12.7 Å². The molecule has 0 aromatic heterocycles. The van der Waals surface area contributed by atoms with Crippen LogP contribution in [0.1, 0.15) is 18.1 Å². The number of anilines is 2. The number of rotatable bonds is 3. The Bertz CT molecular complexity index is 608. The van der Waals surface area contributed by atoms with Crippen molar-refractivity contribution in [3.05, 3.63) is 59.4 Å².